The molecule has 2 nitrogen and oxygen atoms in total. The summed E-state index contributed by atoms with van der Waals surface area (Å²) in [7, 11) is 0. The third-order valence-corrected chi connectivity index (χ3v) is 2.42. The summed E-state index contributed by atoms with van der Waals surface area (Å²) in [4.78, 5) is 6.63. The van der Waals surface area contributed by atoms with E-state index in [4.69, 9.17) is 11.6 Å². The van der Waals surface area contributed by atoms with E-state index in [0.717, 1.165) is 25.5 Å². The highest BCUT2D eigenvalue weighted by Crippen LogP contribution is 2.06. The molecule has 1 aliphatic rings. The van der Waals surface area contributed by atoms with Crippen LogP contribution in [0, 0.1) is 0 Å². The predicted molar refractivity (Wildman–Crippen MR) is 54.1 cm³/mol. The molecule has 1 heterocycles. The van der Waals surface area contributed by atoms with Crippen molar-refractivity contribution in [3.63, 3.8) is 0 Å². The molecule has 1 aliphatic heterocycles. The number of halogens is 1. The summed E-state index contributed by atoms with van der Waals surface area (Å²) in [6.07, 6.45) is 3.86. The van der Waals surface area contributed by atoms with Crippen LogP contribution in [0.15, 0.2) is 4.99 Å². The smallest absolute Gasteiger partial charge is 0.114 e. The van der Waals surface area contributed by atoms with Crippen LogP contribution < -0.4 is 0 Å². The SMILES string of the molecule is CCCCCN1CCN=C1CCl. The number of aliphatic imine (C=N–C) groups is 1. The molecule has 0 bridgehead atoms. The van der Waals surface area contributed by atoms with E-state index in [1.54, 1.807) is 0 Å². The van der Waals surface area contributed by atoms with Gasteiger partial charge in [-0.25, -0.2) is 0 Å². The van der Waals surface area contributed by atoms with E-state index in [0.29, 0.717) is 5.88 Å². The van der Waals surface area contributed by atoms with Gasteiger partial charge in [0.1, 0.15) is 5.84 Å². The van der Waals surface area contributed by atoms with E-state index in [2.05, 4.69) is 16.8 Å². The van der Waals surface area contributed by atoms with Crippen molar-refractivity contribution in [2.75, 3.05) is 25.5 Å². The molecule has 0 aromatic heterocycles. The van der Waals surface area contributed by atoms with E-state index in [1.807, 2.05) is 0 Å². The van der Waals surface area contributed by atoms with Crippen LogP contribution >= 0.6 is 11.6 Å². The average molecular weight is 189 g/mol. The van der Waals surface area contributed by atoms with Crippen LogP contribution in [-0.4, -0.2) is 36.2 Å². The summed E-state index contributed by atoms with van der Waals surface area (Å²) < 4.78 is 0. The Morgan fingerprint density at radius 1 is 1.50 bits per heavy atom. The minimum Gasteiger partial charge on any atom is -0.358 e. The first-order valence-corrected chi connectivity index (χ1v) is 5.26. The van der Waals surface area contributed by atoms with Crippen molar-refractivity contribution in [1.29, 1.82) is 0 Å². The number of alkyl halides is 1. The summed E-state index contributed by atoms with van der Waals surface area (Å²) in [5.41, 5.74) is 0. The maximum absolute atomic E-state index is 5.74. The second kappa shape index (κ2) is 5.41. The number of amidine groups is 1. The largest absolute Gasteiger partial charge is 0.358 e. The third-order valence-electron chi connectivity index (χ3n) is 2.18. The lowest BCUT2D eigenvalue weighted by Crippen LogP contribution is -2.29. The Labute approximate surface area is 79.6 Å². The van der Waals surface area contributed by atoms with Crippen LogP contribution in [0.3, 0.4) is 0 Å². The van der Waals surface area contributed by atoms with E-state index in [9.17, 15) is 0 Å². The summed E-state index contributed by atoms with van der Waals surface area (Å²) in [5.74, 6) is 1.67. The molecule has 1 rings (SSSR count). The van der Waals surface area contributed by atoms with Gasteiger partial charge in [0.2, 0.25) is 0 Å². The number of unbranched alkanes of at least 4 members (excludes halogenated alkanes) is 2. The van der Waals surface area contributed by atoms with E-state index in [1.165, 1.54) is 19.3 Å². The summed E-state index contributed by atoms with van der Waals surface area (Å²) >= 11 is 5.74. The summed E-state index contributed by atoms with van der Waals surface area (Å²) in [6, 6.07) is 0. The topological polar surface area (TPSA) is 15.6 Å². The Hall–Kier alpha value is -0.240. The molecule has 0 aromatic carbocycles. The van der Waals surface area contributed by atoms with Crippen molar-refractivity contribution < 1.29 is 0 Å². The van der Waals surface area contributed by atoms with Gasteiger partial charge in [-0.3, -0.25) is 4.99 Å². The fourth-order valence-electron chi connectivity index (χ4n) is 1.45. The molecule has 3 heteroatoms. The maximum Gasteiger partial charge on any atom is 0.114 e. The van der Waals surface area contributed by atoms with E-state index >= 15 is 0 Å². The van der Waals surface area contributed by atoms with Crippen LogP contribution in [0.5, 0.6) is 0 Å². The number of nitrogens with zero attached hydrogens (tertiary/aromatic N) is 2. The molecule has 0 fully saturated rings. The van der Waals surface area contributed by atoms with Gasteiger partial charge in [0.05, 0.1) is 12.4 Å². The minimum atomic E-state index is 0.576. The highest BCUT2D eigenvalue weighted by Gasteiger charge is 2.14. The van der Waals surface area contributed by atoms with E-state index < -0.39 is 0 Å². The molecule has 0 N–H and O–H groups in total. The Morgan fingerprint density at radius 2 is 2.33 bits per heavy atom. The number of rotatable bonds is 5. The van der Waals surface area contributed by atoms with Crippen molar-refractivity contribution >= 4 is 17.4 Å². The Balaban J connectivity index is 2.19. The van der Waals surface area contributed by atoms with Crippen LogP contribution in [0.25, 0.3) is 0 Å². The van der Waals surface area contributed by atoms with Gasteiger partial charge in [-0.2, -0.15) is 0 Å². The highest BCUT2D eigenvalue weighted by atomic mass is 35.5. The second-order valence-electron chi connectivity index (χ2n) is 3.13. The standard InChI is InChI=1S/C9H17ClN2/c1-2-3-4-6-12-7-5-11-9(12)8-10/h2-8H2,1H3. The fraction of sp³-hybridized carbons (Fsp3) is 0.889. The lowest BCUT2D eigenvalue weighted by Gasteiger charge is -2.18. The molecular weight excluding hydrogens is 172 g/mol. The molecule has 0 atom stereocenters. The van der Waals surface area contributed by atoms with Crippen molar-refractivity contribution in [3.05, 3.63) is 0 Å². The highest BCUT2D eigenvalue weighted by molar-refractivity contribution is 6.28. The normalized spacial score (nSPS) is 16.8. The molecule has 0 amide bonds. The molecule has 0 spiro atoms. The van der Waals surface area contributed by atoms with Gasteiger partial charge in [0, 0.05) is 13.1 Å². The average Bonchev–Trinajstić information content (AvgIpc) is 2.52. The molecule has 12 heavy (non-hydrogen) atoms. The molecule has 0 unspecified atom stereocenters. The first-order chi connectivity index (χ1) is 5.88. The zero-order chi connectivity index (χ0) is 8.81. The monoisotopic (exact) mass is 188 g/mol. The number of hydrogen-bond acceptors (Lipinski definition) is 2. The van der Waals surface area contributed by atoms with Crippen LogP contribution in [0.1, 0.15) is 26.2 Å². The lowest BCUT2D eigenvalue weighted by atomic mass is 10.2. The van der Waals surface area contributed by atoms with Gasteiger partial charge >= 0.3 is 0 Å². The molecule has 0 aromatic rings. The van der Waals surface area contributed by atoms with E-state index in [-0.39, 0.29) is 0 Å². The van der Waals surface area contributed by atoms with Crippen LogP contribution in [0.2, 0.25) is 0 Å². The van der Waals surface area contributed by atoms with Crippen LogP contribution in [0.4, 0.5) is 0 Å². The molecule has 70 valence electrons. The fourth-order valence-corrected chi connectivity index (χ4v) is 1.70. The summed E-state index contributed by atoms with van der Waals surface area (Å²) in [6.45, 7) is 5.37. The Bertz CT molecular complexity index is 157. The first-order valence-electron chi connectivity index (χ1n) is 4.72. The zero-order valence-corrected chi connectivity index (χ0v) is 8.48. The van der Waals surface area contributed by atoms with Gasteiger partial charge in [0.25, 0.3) is 0 Å². The maximum atomic E-state index is 5.74. The van der Waals surface area contributed by atoms with Crippen molar-refractivity contribution in [2.45, 2.75) is 26.2 Å². The third kappa shape index (κ3) is 2.67. The first kappa shape index (κ1) is 9.85. The molecule has 0 aliphatic carbocycles. The second-order valence-corrected chi connectivity index (χ2v) is 3.39. The molecule has 0 radical (unpaired) electrons. The van der Waals surface area contributed by atoms with Gasteiger partial charge in [-0.15, -0.1) is 11.6 Å². The quantitative estimate of drug-likeness (QED) is 0.477. The van der Waals surface area contributed by atoms with Gasteiger partial charge in [-0.05, 0) is 6.42 Å². The van der Waals surface area contributed by atoms with Crippen molar-refractivity contribution in [3.8, 4) is 0 Å². The zero-order valence-electron chi connectivity index (χ0n) is 7.72. The van der Waals surface area contributed by atoms with Gasteiger partial charge in [-0.1, -0.05) is 19.8 Å². The Kier molecular flexibility index (Phi) is 4.44. The molecule has 0 saturated carbocycles. The van der Waals surface area contributed by atoms with Crippen molar-refractivity contribution in [1.82, 2.24) is 4.90 Å². The van der Waals surface area contributed by atoms with Crippen molar-refractivity contribution in [2.24, 2.45) is 4.99 Å². The lowest BCUT2D eigenvalue weighted by molar-refractivity contribution is 0.435. The predicted octanol–water partition coefficient (Wildman–Crippen LogP) is 2.13. The minimum absolute atomic E-state index is 0.576. The van der Waals surface area contributed by atoms with Gasteiger partial charge in [0.15, 0.2) is 0 Å². The summed E-state index contributed by atoms with van der Waals surface area (Å²) in [5, 5.41) is 0. The molecule has 0 saturated heterocycles. The Morgan fingerprint density at radius 3 is 3.00 bits per heavy atom. The van der Waals surface area contributed by atoms with Gasteiger partial charge < -0.3 is 4.90 Å². The van der Waals surface area contributed by atoms with Crippen LogP contribution in [-0.2, 0) is 0 Å². The molecular formula is C9H17ClN2. The number of hydrogen-bond donors (Lipinski definition) is 0.